The predicted molar refractivity (Wildman–Crippen MR) is 110 cm³/mol. The van der Waals surface area contributed by atoms with E-state index in [2.05, 4.69) is 4.90 Å². The van der Waals surface area contributed by atoms with Crippen molar-refractivity contribution >= 4 is 17.5 Å². The van der Waals surface area contributed by atoms with Gasteiger partial charge in [-0.3, -0.25) is 10.1 Å². The third kappa shape index (κ3) is 5.60. The van der Waals surface area contributed by atoms with Crippen molar-refractivity contribution in [3.8, 4) is 11.5 Å². The first-order valence-electron chi connectivity index (χ1n) is 9.46. The average molecular weight is 399 g/mol. The number of ether oxygens (including phenoxy) is 2. The zero-order valence-electron chi connectivity index (χ0n) is 16.8. The minimum Gasteiger partial charge on any atom is -0.457 e. The second-order valence-corrected chi connectivity index (χ2v) is 7.80. The summed E-state index contributed by atoms with van der Waals surface area (Å²) in [6.07, 6.45) is -0.274. The summed E-state index contributed by atoms with van der Waals surface area (Å²) >= 11 is 0. The van der Waals surface area contributed by atoms with E-state index in [-0.39, 0.29) is 11.8 Å². The van der Waals surface area contributed by atoms with E-state index >= 15 is 0 Å². The molecule has 1 fully saturated rings. The van der Waals surface area contributed by atoms with Crippen LogP contribution in [0.15, 0.2) is 48.5 Å². The number of amides is 1. The van der Waals surface area contributed by atoms with Crippen LogP contribution in [0.4, 0.5) is 16.2 Å². The van der Waals surface area contributed by atoms with Gasteiger partial charge in [0.25, 0.3) is 5.69 Å². The average Bonchev–Trinajstić information content (AvgIpc) is 2.68. The molecular weight excluding hydrogens is 374 g/mol. The van der Waals surface area contributed by atoms with Gasteiger partial charge in [0.15, 0.2) is 0 Å². The van der Waals surface area contributed by atoms with Crippen LogP contribution in [0, 0.1) is 10.1 Å². The van der Waals surface area contributed by atoms with Crippen molar-refractivity contribution in [1.29, 1.82) is 0 Å². The SMILES string of the molecule is CC(C)(C)OC(=O)N1CCN(c2ccc(Oc3ccc([N+](=O)[O-])cc3)cc2)CC1. The Balaban J connectivity index is 1.54. The molecule has 0 aromatic heterocycles. The number of nitro benzene ring substituents is 1. The highest BCUT2D eigenvalue weighted by Gasteiger charge is 2.25. The Morgan fingerprint density at radius 1 is 0.931 bits per heavy atom. The molecule has 0 N–H and O–H groups in total. The van der Waals surface area contributed by atoms with Crippen LogP contribution in [0.2, 0.25) is 0 Å². The third-order valence-corrected chi connectivity index (χ3v) is 4.42. The second-order valence-electron chi connectivity index (χ2n) is 7.80. The highest BCUT2D eigenvalue weighted by Crippen LogP contribution is 2.26. The fourth-order valence-corrected chi connectivity index (χ4v) is 2.97. The van der Waals surface area contributed by atoms with E-state index in [1.54, 1.807) is 17.0 Å². The summed E-state index contributed by atoms with van der Waals surface area (Å²) in [5, 5.41) is 10.7. The van der Waals surface area contributed by atoms with Crippen LogP contribution in [-0.4, -0.2) is 47.7 Å². The normalized spacial score (nSPS) is 14.4. The van der Waals surface area contributed by atoms with Gasteiger partial charge < -0.3 is 19.3 Å². The first kappa shape index (κ1) is 20.4. The van der Waals surface area contributed by atoms with Crippen LogP contribution in [0.25, 0.3) is 0 Å². The molecule has 0 radical (unpaired) electrons. The van der Waals surface area contributed by atoms with Crippen molar-refractivity contribution in [3.05, 3.63) is 58.6 Å². The van der Waals surface area contributed by atoms with Gasteiger partial charge in [0, 0.05) is 44.0 Å². The lowest BCUT2D eigenvalue weighted by molar-refractivity contribution is -0.384. The maximum Gasteiger partial charge on any atom is 0.410 e. The molecule has 1 aliphatic rings. The molecule has 8 nitrogen and oxygen atoms in total. The van der Waals surface area contributed by atoms with Crippen LogP contribution in [0.5, 0.6) is 11.5 Å². The first-order valence-corrected chi connectivity index (χ1v) is 9.46. The molecule has 2 aromatic carbocycles. The standard InChI is InChI=1S/C21H25N3O5/c1-21(2,3)29-20(25)23-14-12-22(13-15-23)16-4-8-18(9-5-16)28-19-10-6-17(7-11-19)24(26)27/h4-11H,12-15H2,1-3H3. The van der Waals surface area contributed by atoms with Crippen LogP contribution < -0.4 is 9.64 Å². The third-order valence-electron chi connectivity index (χ3n) is 4.42. The number of nitro groups is 1. The molecule has 154 valence electrons. The Labute approximate surface area is 169 Å². The minimum absolute atomic E-state index is 0.0261. The van der Waals surface area contributed by atoms with Crippen LogP contribution in [-0.2, 0) is 4.74 Å². The summed E-state index contributed by atoms with van der Waals surface area (Å²) in [5.74, 6) is 1.18. The number of carbonyl (C=O) groups is 1. The van der Waals surface area contributed by atoms with Gasteiger partial charge in [-0.15, -0.1) is 0 Å². The van der Waals surface area contributed by atoms with Gasteiger partial charge in [-0.05, 0) is 57.2 Å². The molecule has 29 heavy (non-hydrogen) atoms. The molecule has 0 atom stereocenters. The summed E-state index contributed by atoms with van der Waals surface area (Å²) in [7, 11) is 0. The fraction of sp³-hybridized carbons (Fsp3) is 0.381. The summed E-state index contributed by atoms with van der Waals surface area (Å²) in [5.41, 5.74) is 0.580. The number of benzene rings is 2. The molecule has 1 amide bonds. The largest absolute Gasteiger partial charge is 0.457 e. The molecule has 8 heteroatoms. The molecular formula is C21H25N3O5. The first-order chi connectivity index (χ1) is 13.7. The van der Waals surface area contributed by atoms with E-state index < -0.39 is 10.5 Å². The van der Waals surface area contributed by atoms with Gasteiger partial charge in [0.05, 0.1) is 4.92 Å². The van der Waals surface area contributed by atoms with Crippen LogP contribution >= 0.6 is 0 Å². The van der Waals surface area contributed by atoms with E-state index in [1.807, 2.05) is 45.0 Å². The van der Waals surface area contributed by atoms with Gasteiger partial charge in [-0.2, -0.15) is 0 Å². The zero-order chi connectivity index (χ0) is 21.0. The summed E-state index contributed by atoms with van der Waals surface area (Å²) in [4.78, 5) is 26.4. The Hall–Kier alpha value is -3.29. The zero-order valence-corrected chi connectivity index (χ0v) is 16.8. The molecule has 1 heterocycles. The number of rotatable bonds is 4. The van der Waals surface area contributed by atoms with Gasteiger partial charge in [0.1, 0.15) is 17.1 Å². The van der Waals surface area contributed by atoms with E-state index in [9.17, 15) is 14.9 Å². The predicted octanol–water partition coefficient (Wildman–Crippen LogP) is 4.44. The number of hydrogen-bond acceptors (Lipinski definition) is 6. The summed E-state index contributed by atoms with van der Waals surface area (Å²) in [6, 6.07) is 13.6. The Morgan fingerprint density at radius 3 is 1.93 bits per heavy atom. The smallest absolute Gasteiger partial charge is 0.410 e. The van der Waals surface area contributed by atoms with E-state index in [0.717, 1.165) is 18.8 Å². The lowest BCUT2D eigenvalue weighted by Crippen LogP contribution is -2.50. The number of anilines is 1. The van der Waals surface area contributed by atoms with Crippen molar-refractivity contribution in [2.24, 2.45) is 0 Å². The number of carbonyl (C=O) groups excluding carboxylic acids is 1. The topological polar surface area (TPSA) is 85.2 Å². The molecule has 0 saturated carbocycles. The lowest BCUT2D eigenvalue weighted by atomic mass is 10.2. The molecule has 0 aliphatic carbocycles. The van der Waals surface area contributed by atoms with Gasteiger partial charge >= 0.3 is 6.09 Å². The molecule has 2 aromatic rings. The Kier molecular flexibility index (Phi) is 5.91. The van der Waals surface area contributed by atoms with E-state index in [0.29, 0.717) is 24.6 Å². The fourth-order valence-electron chi connectivity index (χ4n) is 2.97. The molecule has 1 saturated heterocycles. The molecule has 0 unspecified atom stereocenters. The summed E-state index contributed by atoms with van der Waals surface area (Å²) < 4.78 is 11.2. The monoisotopic (exact) mass is 399 g/mol. The number of non-ortho nitro benzene ring substituents is 1. The van der Waals surface area contributed by atoms with Crippen molar-refractivity contribution in [3.63, 3.8) is 0 Å². The van der Waals surface area contributed by atoms with Crippen molar-refractivity contribution in [2.45, 2.75) is 26.4 Å². The highest BCUT2D eigenvalue weighted by atomic mass is 16.6. The van der Waals surface area contributed by atoms with E-state index in [4.69, 9.17) is 9.47 Å². The van der Waals surface area contributed by atoms with Gasteiger partial charge in [-0.1, -0.05) is 0 Å². The van der Waals surface area contributed by atoms with Crippen molar-refractivity contribution in [2.75, 3.05) is 31.1 Å². The maximum atomic E-state index is 12.2. The lowest BCUT2D eigenvalue weighted by Gasteiger charge is -2.36. The number of hydrogen-bond donors (Lipinski definition) is 0. The quantitative estimate of drug-likeness (QED) is 0.558. The summed E-state index contributed by atoms with van der Waals surface area (Å²) in [6.45, 7) is 8.25. The molecule has 3 rings (SSSR count). The highest BCUT2D eigenvalue weighted by molar-refractivity contribution is 5.68. The van der Waals surface area contributed by atoms with Crippen LogP contribution in [0.3, 0.4) is 0 Å². The molecule has 1 aliphatic heterocycles. The molecule has 0 bridgehead atoms. The van der Waals surface area contributed by atoms with Gasteiger partial charge in [0.2, 0.25) is 0 Å². The van der Waals surface area contributed by atoms with Crippen molar-refractivity contribution < 1.29 is 19.2 Å². The second kappa shape index (κ2) is 8.38. The number of piperazine rings is 1. The number of nitrogens with zero attached hydrogens (tertiary/aromatic N) is 3. The van der Waals surface area contributed by atoms with Crippen LogP contribution in [0.1, 0.15) is 20.8 Å². The molecule has 0 spiro atoms. The minimum atomic E-state index is -0.492. The Bertz CT molecular complexity index is 851. The Morgan fingerprint density at radius 2 is 1.45 bits per heavy atom. The van der Waals surface area contributed by atoms with Gasteiger partial charge in [-0.25, -0.2) is 4.79 Å². The van der Waals surface area contributed by atoms with E-state index in [1.165, 1.54) is 12.1 Å². The maximum absolute atomic E-state index is 12.2. The van der Waals surface area contributed by atoms with Crippen molar-refractivity contribution in [1.82, 2.24) is 4.90 Å².